The lowest BCUT2D eigenvalue weighted by molar-refractivity contribution is 0.0730. The van der Waals surface area contributed by atoms with Crippen LogP contribution < -0.4 is 9.47 Å². The van der Waals surface area contributed by atoms with Crippen molar-refractivity contribution < 1.29 is 18.7 Å². The van der Waals surface area contributed by atoms with Crippen molar-refractivity contribution in [1.82, 2.24) is 0 Å². The molecular formula is C15H13FO3. The highest BCUT2D eigenvalue weighted by molar-refractivity contribution is 5.95. The fourth-order valence-electron chi connectivity index (χ4n) is 1.78. The molecule has 0 atom stereocenters. The van der Waals surface area contributed by atoms with E-state index in [0.29, 0.717) is 11.3 Å². The number of hydrogen-bond donors (Lipinski definition) is 0. The van der Waals surface area contributed by atoms with Gasteiger partial charge in [-0.2, -0.15) is 0 Å². The number of benzene rings is 2. The minimum absolute atomic E-state index is 0.165. The zero-order valence-corrected chi connectivity index (χ0v) is 10.6. The fraction of sp³-hybridized carbons (Fsp3) is 0.133. The monoisotopic (exact) mass is 260 g/mol. The molecule has 0 saturated heterocycles. The Morgan fingerprint density at radius 3 is 2.47 bits per heavy atom. The molecule has 0 fully saturated rings. The predicted molar refractivity (Wildman–Crippen MR) is 69.1 cm³/mol. The molecular weight excluding hydrogens is 247 g/mol. The Morgan fingerprint density at radius 2 is 1.84 bits per heavy atom. The van der Waals surface area contributed by atoms with Crippen LogP contribution in [0.2, 0.25) is 0 Å². The van der Waals surface area contributed by atoms with E-state index in [2.05, 4.69) is 0 Å². The van der Waals surface area contributed by atoms with Gasteiger partial charge in [-0.1, -0.05) is 18.2 Å². The first kappa shape index (κ1) is 13.1. The average Bonchev–Trinajstić information content (AvgIpc) is 2.38. The molecule has 4 heteroatoms. The van der Waals surface area contributed by atoms with Crippen LogP contribution in [0.5, 0.6) is 11.5 Å². The zero-order valence-electron chi connectivity index (χ0n) is 10.6. The molecule has 0 N–H and O–H groups in total. The quantitative estimate of drug-likeness (QED) is 0.627. The highest BCUT2D eigenvalue weighted by atomic mass is 19.1. The van der Waals surface area contributed by atoms with E-state index < -0.39 is 11.8 Å². The Morgan fingerprint density at radius 1 is 1.16 bits per heavy atom. The SMILES string of the molecule is COc1cc(F)cc(C)c1C(=O)Oc1ccccc1. The number of para-hydroxylation sites is 1. The Balaban J connectivity index is 2.34. The van der Waals surface area contributed by atoms with Gasteiger partial charge in [-0.05, 0) is 30.7 Å². The molecule has 2 aromatic rings. The van der Waals surface area contributed by atoms with Crippen LogP contribution in [0, 0.1) is 12.7 Å². The third kappa shape index (κ3) is 2.91. The second-order valence-corrected chi connectivity index (χ2v) is 4.00. The van der Waals surface area contributed by atoms with Gasteiger partial charge in [0, 0.05) is 6.07 Å². The van der Waals surface area contributed by atoms with Crippen LogP contribution in [0.3, 0.4) is 0 Å². The van der Waals surface area contributed by atoms with Gasteiger partial charge in [0.2, 0.25) is 0 Å². The van der Waals surface area contributed by atoms with Crippen LogP contribution in [-0.4, -0.2) is 13.1 Å². The Kier molecular flexibility index (Phi) is 3.80. The van der Waals surface area contributed by atoms with Crippen molar-refractivity contribution in [2.24, 2.45) is 0 Å². The third-order valence-electron chi connectivity index (χ3n) is 2.64. The summed E-state index contributed by atoms with van der Waals surface area (Å²) in [5.74, 6) is -0.428. The van der Waals surface area contributed by atoms with Crippen LogP contribution in [0.15, 0.2) is 42.5 Å². The molecule has 0 aliphatic heterocycles. The number of methoxy groups -OCH3 is 1. The Bertz CT molecular complexity index is 594. The number of carbonyl (C=O) groups is 1. The molecule has 0 radical (unpaired) electrons. The fourth-order valence-corrected chi connectivity index (χ4v) is 1.78. The lowest BCUT2D eigenvalue weighted by atomic mass is 10.1. The summed E-state index contributed by atoms with van der Waals surface area (Å²) in [4.78, 5) is 12.1. The van der Waals surface area contributed by atoms with E-state index in [4.69, 9.17) is 9.47 Å². The summed E-state index contributed by atoms with van der Waals surface area (Å²) in [6.45, 7) is 1.63. The van der Waals surface area contributed by atoms with E-state index in [9.17, 15) is 9.18 Å². The molecule has 0 aliphatic rings. The molecule has 2 rings (SSSR count). The van der Waals surface area contributed by atoms with Crippen molar-refractivity contribution in [2.45, 2.75) is 6.92 Å². The average molecular weight is 260 g/mol. The van der Waals surface area contributed by atoms with Crippen LogP contribution >= 0.6 is 0 Å². The molecule has 98 valence electrons. The van der Waals surface area contributed by atoms with E-state index in [0.717, 1.165) is 6.07 Å². The first-order valence-corrected chi connectivity index (χ1v) is 5.73. The third-order valence-corrected chi connectivity index (χ3v) is 2.64. The zero-order chi connectivity index (χ0) is 13.8. The summed E-state index contributed by atoms with van der Waals surface area (Å²) < 4.78 is 23.5. The minimum atomic E-state index is -0.569. The summed E-state index contributed by atoms with van der Waals surface area (Å²) >= 11 is 0. The van der Waals surface area contributed by atoms with Gasteiger partial charge in [0.05, 0.1) is 7.11 Å². The predicted octanol–water partition coefficient (Wildman–Crippen LogP) is 3.36. The van der Waals surface area contributed by atoms with Gasteiger partial charge in [0.15, 0.2) is 0 Å². The summed E-state index contributed by atoms with van der Waals surface area (Å²) in [6.07, 6.45) is 0. The van der Waals surface area contributed by atoms with E-state index in [1.807, 2.05) is 6.07 Å². The van der Waals surface area contributed by atoms with Gasteiger partial charge in [0.1, 0.15) is 22.9 Å². The van der Waals surface area contributed by atoms with Gasteiger partial charge in [-0.3, -0.25) is 0 Å². The second kappa shape index (κ2) is 5.52. The maximum absolute atomic E-state index is 13.3. The maximum atomic E-state index is 13.3. The van der Waals surface area contributed by atoms with Crippen LogP contribution in [-0.2, 0) is 0 Å². The number of carbonyl (C=O) groups excluding carboxylic acids is 1. The van der Waals surface area contributed by atoms with Gasteiger partial charge in [-0.15, -0.1) is 0 Å². The standard InChI is InChI=1S/C15H13FO3/c1-10-8-11(16)9-13(18-2)14(10)15(17)19-12-6-4-3-5-7-12/h3-9H,1-2H3. The molecule has 0 aliphatic carbocycles. The highest BCUT2D eigenvalue weighted by Gasteiger charge is 2.18. The first-order chi connectivity index (χ1) is 9.11. The lowest BCUT2D eigenvalue weighted by Crippen LogP contribution is -2.12. The number of aryl methyl sites for hydroxylation is 1. The highest BCUT2D eigenvalue weighted by Crippen LogP contribution is 2.25. The summed E-state index contributed by atoms with van der Waals surface area (Å²) in [5, 5.41) is 0. The number of ether oxygens (including phenoxy) is 2. The molecule has 0 amide bonds. The lowest BCUT2D eigenvalue weighted by Gasteiger charge is -2.11. The van der Waals surface area contributed by atoms with Crippen molar-refractivity contribution in [3.8, 4) is 11.5 Å². The van der Waals surface area contributed by atoms with Crippen LogP contribution in [0.25, 0.3) is 0 Å². The number of halogens is 1. The Hall–Kier alpha value is -2.36. The summed E-state index contributed by atoms with van der Waals surface area (Å²) in [6, 6.07) is 11.1. The van der Waals surface area contributed by atoms with E-state index in [1.54, 1.807) is 31.2 Å². The van der Waals surface area contributed by atoms with Gasteiger partial charge in [0.25, 0.3) is 0 Å². The smallest absolute Gasteiger partial charge is 0.347 e. The van der Waals surface area contributed by atoms with E-state index >= 15 is 0 Å². The van der Waals surface area contributed by atoms with Crippen molar-refractivity contribution in [3.63, 3.8) is 0 Å². The van der Waals surface area contributed by atoms with Gasteiger partial charge in [-0.25, -0.2) is 9.18 Å². The number of hydrogen-bond acceptors (Lipinski definition) is 3. The second-order valence-electron chi connectivity index (χ2n) is 4.00. The van der Waals surface area contributed by atoms with Crippen LogP contribution in [0.1, 0.15) is 15.9 Å². The van der Waals surface area contributed by atoms with Crippen LogP contribution in [0.4, 0.5) is 4.39 Å². The molecule has 3 nitrogen and oxygen atoms in total. The van der Waals surface area contributed by atoms with Crippen molar-refractivity contribution >= 4 is 5.97 Å². The first-order valence-electron chi connectivity index (χ1n) is 5.73. The summed E-state index contributed by atoms with van der Waals surface area (Å²) in [5.41, 5.74) is 0.700. The topological polar surface area (TPSA) is 35.5 Å². The molecule has 19 heavy (non-hydrogen) atoms. The van der Waals surface area contributed by atoms with Gasteiger partial charge >= 0.3 is 5.97 Å². The van der Waals surface area contributed by atoms with Gasteiger partial charge < -0.3 is 9.47 Å². The molecule has 0 unspecified atom stereocenters. The largest absolute Gasteiger partial charge is 0.496 e. The van der Waals surface area contributed by atoms with E-state index in [-0.39, 0.29) is 11.3 Å². The molecule has 0 bridgehead atoms. The van der Waals surface area contributed by atoms with Crippen molar-refractivity contribution in [2.75, 3.05) is 7.11 Å². The Labute approximate surface area is 110 Å². The number of esters is 1. The van der Waals surface area contributed by atoms with Crippen molar-refractivity contribution in [3.05, 3.63) is 59.4 Å². The summed E-state index contributed by atoms with van der Waals surface area (Å²) in [7, 11) is 1.38. The molecule has 0 saturated carbocycles. The molecule has 0 aromatic heterocycles. The minimum Gasteiger partial charge on any atom is -0.496 e. The number of rotatable bonds is 3. The molecule has 0 heterocycles. The van der Waals surface area contributed by atoms with E-state index in [1.165, 1.54) is 13.2 Å². The maximum Gasteiger partial charge on any atom is 0.347 e. The normalized spacial score (nSPS) is 10.1. The van der Waals surface area contributed by atoms with Crippen molar-refractivity contribution in [1.29, 1.82) is 0 Å². The molecule has 2 aromatic carbocycles. The molecule has 0 spiro atoms.